The molecule has 33 heavy (non-hydrogen) atoms. The normalized spacial score (nSPS) is 21.1. The zero-order valence-corrected chi connectivity index (χ0v) is 19.4. The van der Waals surface area contributed by atoms with Gasteiger partial charge < -0.3 is 14.2 Å². The summed E-state index contributed by atoms with van der Waals surface area (Å²) >= 11 is 0. The average molecular weight is 466 g/mol. The molecule has 0 radical (unpaired) electrons. The molecule has 3 aromatic rings. The lowest BCUT2D eigenvalue weighted by atomic mass is 9.88. The molecule has 6 rings (SSSR count). The molecule has 1 aromatic heterocycles. The van der Waals surface area contributed by atoms with Crippen molar-refractivity contribution in [3.8, 4) is 16.9 Å². The third-order valence-electron chi connectivity index (χ3n) is 7.09. The summed E-state index contributed by atoms with van der Waals surface area (Å²) < 4.78 is 35.3. The summed E-state index contributed by atoms with van der Waals surface area (Å²) in [7, 11) is -3.19. The molecule has 0 bridgehead atoms. The van der Waals surface area contributed by atoms with Crippen molar-refractivity contribution in [2.75, 3.05) is 24.2 Å². The molecular weight excluding hydrogens is 438 g/mol. The predicted octanol–water partition coefficient (Wildman–Crippen LogP) is 4.24. The summed E-state index contributed by atoms with van der Waals surface area (Å²) in [6.45, 7) is 1.82. The van der Waals surface area contributed by atoms with Crippen LogP contribution in [-0.2, 0) is 16.3 Å². The van der Waals surface area contributed by atoms with Crippen LogP contribution in [0.3, 0.4) is 0 Å². The van der Waals surface area contributed by atoms with Gasteiger partial charge in [-0.3, -0.25) is 0 Å². The summed E-state index contributed by atoms with van der Waals surface area (Å²) in [5, 5.41) is 4.14. The highest BCUT2D eigenvalue weighted by molar-refractivity contribution is 7.90. The van der Waals surface area contributed by atoms with Crippen LogP contribution in [0.15, 0.2) is 51.9 Å². The van der Waals surface area contributed by atoms with Gasteiger partial charge in [-0.1, -0.05) is 23.4 Å². The number of piperidine rings is 1. The van der Waals surface area contributed by atoms with E-state index in [4.69, 9.17) is 9.26 Å². The van der Waals surface area contributed by atoms with Crippen LogP contribution in [0.1, 0.15) is 43.0 Å². The fourth-order valence-electron chi connectivity index (χ4n) is 4.94. The minimum Gasteiger partial charge on any atom is -0.490 e. The number of rotatable bonds is 5. The Balaban J connectivity index is 1.10. The highest BCUT2D eigenvalue weighted by Crippen LogP contribution is 2.40. The van der Waals surface area contributed by atoms with Gasteiger partial charge in [0.05, 0.1) is 4.90 Å². The van der Waals surface area contributed by atoms with E-state index < -0.39 is 9.84 Å². The van der Waals surface area contributed by atoms with E-state index in [1.165, 1.54) is 24.7 Å². The first-order chi connectivity index (χ1) is 15.9. The zero-order valence-electron chi connectivity index (χ0n) is 18.6. The van der Waals surface area contributed by atoms with Gasteiger partial charge in [-0.2, -0.15) is 4.98 Å². The van der Waals surface area contributed by atoms with Crippen molar-refractivity contribution in [3.63, 3.8) is 0 Å². The molecule has 2 aliphatic heterocycles. The number of nitrogens with zero attached hydrogens (tertiary/aromatic N) is 3. The van der Waals surface area contributed by atoms with Crippen LogP contribution < -0.4 is 9.64 Å². The molecule has 2 aromatic carbocycles. The molecule has 3 aliphatic rings. The van der Waals surface area contributed by atoms with E-state index in [-0.39, 0.29) is 6.10 Å². The first kappa shape index (κ1) is 20.7. The lowest BCUT2D eigenvalue weighted by Crippen LogP contribution is -2.39. The van der Waals surface area contributed by atoms with Crippen molar-refractivity contribution in [3.05, 3.63) is 53.9 Å². The van der Waals surface area contributed by atoms with E-state index in [9.17, 15) is 8.42 Å². The highest BCUT2D eigenvalue weighted by Gasteiger charge is 2.35. The van der Waals surface area contributed by atoms with Crippen LogP contribution in [0, 0.1) is 5.92 Å². The van der Waals surface area contributed by atoms with Crippen LogP contribution in [0.5, 0.6) is 5.75 Å². The summed E-state index contributed by atoms with van der Waals surface area (Å²) in [4.78, 5) is 7.14. The fourth-order valence-corrected chi connectivity index (χ4v) is 5.57. The average Bonchev–Trinajstić information content (AvgIpc) is 3.39. The number of sulfone groups is 1. The molecular formula is C25H27N3O4S. The van der Waals surface area contributed by atoms with Crippen molar-refractivity contribution in [1.29, 1.82) is 0 Å². The number of benzene rings is 2. The van der Waals surface area contributed by atoms with Crippen molar-refractivity contribution in [2.45, 2.75) is 49.0 Å². The Morgan fingerprint density at radius 1 is 0.970 bits per heavy atom. The molecule has 1 atom stereocenters. The van der Waals surface area contributed by atoms with Gasteiger partial charge in [0, 0.05) is 31.7 Å². The second-order valence-corrected chi connectivity index (χ2v) is 11.5. The zero-order chi connectivity index (χ0) is 22.6. The van der Waals surface area contributed by atoms with Gasteiger partial charge in [-0.05, 0) is 72.6 Å². The van der Waals surface area contributed by atoms with Crippen molar-refractivity contribution in [1.82, 2.24) is 10.1 Å². The molecule has 1 saturated carbocycles. The third kappa shape index (κ3) is 4.12. The van der Waals surface area contributed by atoms with Crippen molar-refractivity contribution in [2.24, 2.45) is 5.92 Å². The Morgan fingerprint density at radius 3 is 2.39 bits per heavy atom. The number of anilines is 1. The Bertz CT molecular complexity index is 1270. The standard InChI is InChI=1S/C25H27N3O4S/c1-33(29,30)21-7-4-16(5-8-21)19-6-9-22-20(14-19)15-23(31-22)17-10-12-28(13-11-17)25-26-24(27-32-25)18-2-3-18/h4-9,14,17-18,23H,2-3,10-13,15H2,1H3. The van der Waals surface area contributed by atoms with Gasteiger partial charge in [0.15, 0.2) is 15.7 Å². The van der Waals surface area contributed by atoms with Crippen LogP contribution >= 0.6 is 0 Å². The summed E-state index contributed by atoms with van der Waals surface area (Å²) in [6.07, 6.45) is 6.76. The smallest absolute Gasteiger partial charge is 0.324 e. The Labute approximate surface area is 193 Å². The van der Waals surface area contributed by atoms with E-state index >= 15 is 0 Å². The first-order valence-corrected chi connectivity index (χ1v) is 13.5. The van der Waals surface area contributed by atoms with E-state index in [0.717, 1.165) is 55.1 Å². The Hall–Kier alpha value is -2.87. The van der Waals surface area contributed by atoms with Crippen LogP contribution in [-0.4, -0.2) is 44.0 Å². The molecule has 2 fully saturated rings. The van der Waals surface area contributed by atoms with Crippen molar-refractivity contribution >= 4 is 15.9 Å². The minimum atomic E-state index is -3.19. The molecule has 3 heterocycles. The quantitative estimate of drug-likeness (QED) is 0.557. The molecule has 0 spiro atoms. The second kappa shape index (κ2) is 7.87. The van der Waals surface area contributed by atoms with Gasteiger partial charge in [0.25, 0.3) is 0 Å². The molecule has 0 N–H and O–H groups in total. The van der Waals surface area contributed by atoms with E-state index in [1.807, 2.05) is 24.3 Å². The maximum atomic E-state index is 11.7. The lowest BCUT2D eigenvalue weighted by Gasteiger charge is -2.33. The van der Waals surface area contributed by atoms with Crippen LogP contribution in [0.25, 0.3) is 11.1 Å². The topological polar surface area (TPSA) is 85.5 Å². The van der Waals surface area contributed by atoms with Gasteiger partial charge in [0.1, 0.15) is 11.9 Å². The molecule has 1 aliphatic carbocycles. The first-order valence-electron chi connectivity index (χ1n) is 11.6. The van der Waals surface area contributed by atoms with Crippen LogP contribution in [0.2, 0.25) is 0 Å². The van der Waals surface area contributed by atoms with Gasteiger partial charge in [-0.25, -0.2) is 8.42 Å². The SMILES string of the molecule is CS(=O)(=O)c1ccc(-c2ccc3c(c2)CC(C2CCN(c4nc(C5CC5)no4)CC2)O3)cc1. The number of aromatic nitrogens is 2. The highest BCUT2D eigenvalue weighted by atomic mass is 32.2. The maximum Gasteiger partial charge on any atom is 0.324 e. The predicted molar refractivity (Wildman–Crippen MR) is 124 cm³/mol. The molecule has 172 valence electrons. The largest absolute Gasteiger partial charge is 0.490 e. The molecule has 1 unspecified atom stereocenters. The second-order valence-electron chi connectivity index (χ2n) is 9.51. The molecule has 1 saturated heterocycles. The number of hydrogen-bond donors (Lipinski definition) is 0. The van der Waals surface area contributed by atoms with Crippen LogP contribution in [0.4, 0.5) is 6.01 Å². The Morgan fingerprint density at radius 2 is 1.70 bits per heavy atom. The van der Waals surface area contributed by atoms with Gasteiger partial charge >= 0.3 is 6.01 Å². The fraction of sp³-hybridized carbons (Fsp3) is 0.440. The third-order valence-corrected chi connectivity index (χ3v) is 8.21. The Kier molecular flexibility index (Phi) is 4.94. The lowest BCUT2D eigenvalue weighted by molar-refractivity contribution is 0.137. The number of ether oxygens (including phenoxy) is 1. The van der Waals surface area contributed by atoms with E-state index in [2.05, 4.69) is 21.1 Å². The summed E-state index contributed by atoms with van der Waals surface area (Å²) in [5.41, 5.74) is 3.31. The summed E-state index contributed by atoms with van der Waals surface area (Å²) in [5.74, 6) is 2.83. The number of fused-ring (bicyclic) bond motifs is 1. The molecule has 7 nitrogen and oxygen atoms in total. The molecule has 0 amide bonds. The van der Waals surface area contributed by atoms with Crippen molar-refractivity contribution < 1.29 is 17.7 Å². The monoisotopic (exact) mass is 465 g/mol. The molecule has 8 heteroatoms. The van der Waals surface area contributed by atoms with E-state index in [0.29, 0.717) is 22.7 Å². The maximum absolute atomic E-state index is 11.7. The van der Waals surface area contributed by atoms with Gasteiger partial charge in [-0.15, -0.1) is 0 Å². The summed E-state index contributed by atoms with van der Waals surface area (Å²) in [6, 6.07) is 14.0. The minimum absolute atomic E-state index is 0.190. The number of hydrogen-bond acceptors (Lipinski definition) is 7. The van der Waals surface area contributed by atoms with Gasteiger partial charge in [0.2, 0.25) is 0 Å². The van der Waals surface area contributed by atoms with E-state index in [1.54, 1.807) is 12.1 Å².